The first kappa shape index (κ1) is 16.4. The van der Waals surface area contributed by atoms with Gasteiger partial charge in [-0.1, -0.05) is 54.6 Å². The van der Waals surface area contributed by atoms with Crippen LogP contribution in [-0.4, -0.2) is 15.5 Å². The number of methoxy groups -OCH3 is 1. The molecule has 26 heavy (non-hydrogen) atoms. The van der Waals surface area contributed by atoms with Gasteiger partial charge in [-0.05, 0) is 35.0 Å². The minimum Gasteiger partial charge on any atom is -0.496 e. The lowest BCUT2D eigenvalue weighted by atomic mass is 10.1. The fourth-order valence-electron chi connectivity index (χ4n) is 3.12. The smallest absolute Gasteiger partial charge is 0.262 e. The van der Waals surface area contributed by atoms with Crippen LogP contribution in [0, 0.1) is 0 Å². The van der Waals surface area contributed by atoms with Gasteiger partial charge in [-0.25, -0.2) is 8.42 Å². The fourth-order valence-corrected chi connectivity index (χ4v) is 4.38. The van der Waals surface area contributed by atoms with Crippen LogP contribution in [-0.2, 0) is 10.0 Å². The van der Waals surface area contributed by atoms with Gasteiger partial charge in [0.2, 0.25) is 0 Å². The van der Waals surface area contributed by atoms with Crippen LogP contribution < -0.4 is 9.46 Å². The Morgan fingerprint density at radius 1 is 0.769 bits per heavy atom. The molecule has 0 spiro atoms. The molecule has 0 aliphatic carbocycles. The van der Waals surface area contributed by atoms with Crippen LogP contribution in [0.4, 0.5) is 5.69 Å². The van der Waals surface area contributed by atoms with Crippen molar-refractivity contribution in [2.75, 3.05) is 11.8 Å². The minimum absolute atomic E-state index is 0.224. The standard InChI is InChI=1S/C21H17NO3S/c1-25-20-12-13-21(19-9-5-4-8-18(19)20)26(23,24)22-17-11-10-15-6-2-3-7-16(15)14-17/h2-14,22H,1H3. The summed E-state index contributed by atoms with van der Waals surface area (Å²) in [6.45, 7) is 0. The number of hydrogen-bond donors (Lipinski definition) is 1. The number of fused-ring (bicyclic) bond motifs is 2. The first-order valence-electron chi connectivity index (χ1n) is 8.16. The molecule has 0 saturated carbocycles. The van der Waals surface area contributed by atoms with Gasteiger partial charge in [0, 0.05) is 16.5 Å². The highest BCUT2D eigenvalue weighted by atomic mass is 32.2. The van der Waals surface area contributed by atoms with Gasteiger partial charge in [0.15, 0.2) is 0 Å². The lowest BCUT2D eigenvalue weighted by Gasteiger charge is -2.13. The number of rotatable bonds is 4. The quantitative estimate of drug-likeness (QED) is 0.566. The maximum absolute atomic E-state index is 13.0. The predicted molar refractivity (Wildman–Crippen MR) is 105 cm³/mol. The maximum Gasteiger partial charge on any atom is 0.262 e. The summed E-state index contributed by atoms with van der Waals surface area (Å²) >= 11 is 0. The summed E-state index contributed by atoms with van der Waals surface area (Å²) in [5.41, 5.74) is 0.531. The Bertz CT molecular complexity index is 1220. The van der Waals surface area contributed by atoms with E-state index in [-0.39, 0.29) is 4.90 Å². The van der Waals surface area contributed by atoms with E-state index in [1.54, 1.807) is 31.4 Å². The van der Waals surface area contributed by atoms with E-state index in [0.717, 1.165) is 16.2 Å². The molecule has 0 atom stereocenters. The van der Waals surface area contributed by atoms with Gasteiger partial charge in [-0.2, -0.15) is 0 Å². The number of hydrogen-bond acceptors (Lipinski definition) is 3. The molecule has 0 aromatic heterocycles. The van der Waals surface area contributed by atoms with Crippen molar-refractivity contribution >= 4 is 37.3 Å². The predicted octanol–water partition coefficient (Wildman–Crippen LogP) is 4.80. The second kappa shape index (κ2) is 6.35. The Labute approximate surface area is 152 Å². The lowest BCUT2D eigenvalue weighted by molar-refractivity contribution is 0.419. The van der Waals surface area contributed by atoms with Gasteiger partial charge in [0.1, 0.15) is 5.75 Å². The molecule has 4 aromatic carbocycles. The lowest BCUT2D eigenvalue weighted by Crippen LogP contribution is -2.13. The number of anilines is 1. The van der Waals surface area contributed by atoms with Crippen LogP contribution in [0.2, 0.25) is 0 Å². The molecule has 0 unspecified atom stereocenters. The first-order chi connectivity index (χ1) is 12.6. The van der Waals surface area contributed by atoms with Crippen molar-refractivity contribution in [1.29, 1.82) is 0 Å². The average Bonchev–Trinajstić information content (AvgIpc) is 2.66. The van der Waals surface area contributed by atoms with Gasteiger partial charge in [-0.3, -0.25) is 4.72 Å². The number of benzene rings is 4. The zero-order valence-electron chi connectivity index (χ0n) is 14.1. The number of nitrogens with one attached hydrogen (secondary N) is 1. The molecule has 0 bridgehead atoms. The zero-order valence-corrected chi connectivity index (χ0v) is 15.0. The van der Waals surface area contributed by atoms with E-state index < -0.39 is 10.0 Å². The Morgan fingerprint density at radius 3 is 2.23 bits per heavy atom. The monoisotopic (exact) mass is 363 g/mol. The van der Waals surface area contributed by atoms with Crippen molar-refractivity contribution < 1.29 is 13.2 Å². The Morgan fingerprint density at radius 2 is 1.46 bits per heavy atom. The summed E-state index contributed by atoms with van der Waals surface area (Å²) in [6.07, 6.45) is 0. The highest BCUT2D eigenvalue weighted by Crippen LogP contribution is 2.32. The van der Waals surface area contributed by atoms with Gasteiger partial charge >= 0.3 is 0 Å². The van der Waals surface area contributed by atoms with Crippen LogP contribution in [0.3, 0.4) is 0 Å². The molecular formula is C21H17NO3S. The second-order valence-corrected chi connectivity index (χ2v) is 7.63. The van der Waals surface area contributed by atoms with Gasteiger partial charge in [-0.15, -0.1) is 0 Å². The summed E-state index contributed by atoms with van der Waals surface area (Å²) in [6, 6.07) is 23.9. The van der Waals surface area contributed by atoms with Crippen LogP contribution in [0.1, 0.15) is 0 Å². The van der Waals surface area contributed by atoms with Gasteiger partial charge in [0.05, 0.1) is 12.0 Å². The average molecular weight is 363 g/mol. The van der Waals surface area contributed by atoms with Crippen molar-refractivity contribution in [2.24, 2.45) is 0 Å². The molecule has 4 rings (SSSR count). The summed E-state index contributed by atoms with van der Waals surface area (Å²) in [4.78, 5) is 0.224. The molecule has 0 aliphatic rings. The van der Waals surface area contributed by atoms with E-state index in [9.17, 15) is 8.42 Å². The molecule has 5 heteroatoms. The SMILES string of the molecule is COc1ccc(S(=O)(=O)Nc2ccc3ccccc3c2)c2ccccc12. The topological polar surface area (TPSA) is 55.4 Å². The Kier molecular flexibility index (Phi) is 4.01. The maximum atomic E-state index is 13.0. The van der Waals surface area contributed by atoms with E-state index in [4.69, 9.17) is 4.74 Å². The largest absolute Gasteiger partial charge is 0.496 e. The normalized spacial score (nSPS) is 11.6. The van der Waals surface area contributed by atoms with Crippen molar-refractivity contribution in [3.8, 4) is 5.75 Å². The fraction of sp³-hybridized carbons (Fsp3) is 0.0476. The van der Waals surface area contributed by atoms with Crippen molar-refractivity contribution in [3.63, 3.8) is 0 Å². The first-order valence-corrected chi connectivity index (χ1v) is 9.64. The molecule has 4 nitrogen and oxygen atoms in total. The van der Waals surface area contributed by atoms with Crippen LogP contribution in [0.15, 0.2) is 83.8 Å². The molecule has 0 amide bonds. The van der Waals surface area contributed by atoms with E-state index in [2.05, 4.69) is 4.72 Å². The molecule has 0 heterocycles. The molecule has 1 N–H and O–H groups in total. The summed E-state index contributed by atoms with van der Waals surface area (Å²) in [5.74, 6) is 0.644. The molecule has 0 aliphatic heterocycles. The van der Waals surface area contributed by atoms with E-state index >= 15 is 0 Å². The molecule has 0 fully saturated rings. The Balaban J connectivity index is 1.80. The van der Waals surface area contributed by atoms with Crippen molar-refractivity contribution in [1.82, 2.24) is 0 Å². The molecule has 0 radical (unpaired) electrons. The minimum atomic E-state index is -3.74. The van der Waals surface area contributed by atoms with E-state index in [1.807, 2.05) is 54.6 Å². The van der Waals surface area contributed by atoms with Crippen LogP contribution in [0.5, 0.6) is 5.75 Å². The highest BCUT2D eigenvalue weighted by molar-refractivity contribution is 7.93. The molecule has 4 aromatic rings. The van der Waals surface area contributed by atoms with Gasteiger partial charge < -0.3 is 4.74 Å². The third-order valence-corrected chi connectivity index (χ3v) is 5.79. The zero-order chi connectivity index (χ0) is 18.1. The third-order valence-electron chi connectivity index (χ3n) is 4.36. The van der Waals surface area contributed by atoms with E-state index in [1.165, 1.54) is 0 Å². The van der Waals surface area contributed by atoms with Crippen molar-refractivity contribution in [2.45, 2.75) is 4.90 Å². The highest BCUT2D eigenvalue weighted by Gasteiger charge is 2.19. The van der Waals surface area contributed by atoms with Crippen molar-refractivity contribution in [3.05, 3.63) is 78.9 Å². The summed E-state index contributed by atoms with van der Waals surface area (Å²) in [7, 11) is -2.17. The van der Waals surface area contributed by atoms with Crippen LogP contribution in [0.25, 0.3) is 21.5 Å². The molecule has 0 saturated heterocycles. The van der Waals surface area contributed by atoms with Crippen LogP contribution >= 0.6 is 0 Å². The Hall–Kier alpha value is -3.05. The summed E-state index contributed by atoms with van der Waals surface area (Å²) in [5, 5.41) is 3.43. The summed E-state index contributed by atoms with van der Waals surface area (Å²) < 4.78 is 34.0. The molecule has 130 valence electrons. The number of sulfonamides is 1. The van der Waals surface area contributed by atoms with E-state index in [0.29, 0.717) is 16.8 Å². The van der Waals surface area contributed by atoms with Gasteiger partial charge in [0.25, 0.3) is 10.0 Å². The molecular weight excluding hydrogens is 346 g/mol. The third kappa shape index (κ3) is 2.86. The second-order valence-electron chi connectivity index (χ2n) is 5.98. The number of ether oxygens (including phenoxy) is 1.